The standard InChI is InChI=1S/C17H22N2O2S/c1-21-12-11-19-14-9-5-6-10-15(14)22-17(19)18-16(20)13-7-3-2-4-8-13/h5-6,9-10,13H,2-4,7-8,11-12H2,1H3/b18-17-. The number of aromatic nitrogens is 1. The van der Waals surface area contributed by atoms with Gasteiger partial charge in [0.25, 0.3) is 5.91 Å². The molecule has 0 atom stereocenters. The molecule has 2 aromatic rings. The summed E-state index contributed by atoms with van der Waals surface area (Å²) in [7, 11) is 1.69. The van der Waals surface area contributed by atoms with Crippen LogP contribution in [-0.2, 0) is 16.1 Å². The lowest BCUT2D eigenvalue weighted by Gasteiger charge is -2.17. The molecule has 1 heterocycles. The second-order valence-corrected chi connectivity index (χ2v) is 6.79. The number of ether oxygens (including phenoxy) is 1. The average Bonchev–Trinajstić information content (AvgIpc) is 2.91. The molecule has 0 radical (unpaired) electrons. The Balaban J connectivity index is 1.97. The summed E-state index contributed by atoms with van der Waals surface area (Å²) in [4.78, 5) is 17.7. The van der Waals surface area contributed by atoms with Crippen molar-refractivity contribution in [3.63, 3.8) is 0 Å². The van der Waals surface area contributed by atoms with E-state index < -0.39 is 0 Å². The van der Waals surface area contributed by atoms with Crippen LogP contribution < -0.4 is 4.80 Å². The highest BCUT2D eigenvalue weighted by Gasteiger charge is 2.21. The van der Waals surface area contributed by atoms with Crippen molar-refractivity contribution in [1.29, 1.82) is 0 Å². The Hall–Kier alpha value is -1.46. The third kappa shape index (κ3) is 3.31. The van der Waals surface area contributed by atoms with Gasteiger partial charge in [-0.05, 0) is 25.0 Å². The highest BCUT2D eigenvalue weighted by Crippen LogP contribution is 2.24. The number of benzene rings is 1. The molecule has 1 aromatic carbocycles. The number of hydrogen-bond donors (Lipinski definition) is 0. The summed E-state index contributed by atoms with van der Waals surface area (Å²) in [6.07, 6.45) is 5.54. The first-order valence-corrected chi connectivity index (χ1v) is 8.77. The lowest BCUT2D eigenvalue weighted by Crippen LogP contribution is -2.23. The third-order valence-electron chi connectivity index (χ3n) is 4.27. The van der Waals surface area contributed by atoms with Gasteiger partial charge >= 0.3 is 0 Å². The topological polar surface area (TPSA) is 43.6 Å². The molecule has 0 N–H and O–H groups in total. The van der Waals surface area contributed by atoms with Gasteiger partial charge in [-0.2, -0.15) is 4.99 Å². The number of carbonyl (C=O) groups is 1. The molecule has 1 amide bonds. The Morgan fingerprint density at radius 2 is 2.09 bits per heavy atom. The number of nitrogens with zero attached hydrogens (tertiary/aromatic N) is 2. The zero-order valence-electron chi connectivity index (χ0n) is 13.0. The quantitative estimate of drug-likeness (QED) is 0.867. The van der Waals surface area contributed by atoms with Crippen molar-refractivity contribution in [2.75, 3.05) is 13.7 Å². The van der Waals surface area contributed by atoms with Gasteiger partial charge in [0.2, 0.25) is 0 Å². The van der Waals surface area contributed by atoms with E-state index >= 15 is 0 Å². The lowest BCUT2D eigenvalue weighted by atomic mass is 9.89. The van der Waals surface area contributed by atoms with E-state index in [9.17, 15) is 4.79 Å². The summed E-state index contributed by atoms with van der Waals surface area (Å²) in [5, 5.41) is 0. The van der Waals surface area contributed by atoms with E-state index in [0.717, 1.165) is 47.2 Å². The molecule has 118 valence electrons. The number of fused-ring (bicyclic) bond motifs is 1. The van der Waals surface area contributed by atoms with Crippen molar-refractivity contribution in [3.8, 4) is 0 Å². The SMILES string of the molecule is COCCn1/c(=N/C(=O)C2CCCCC2)sc2ccccc21. The fourth-order valence-corrected chi connectivity index (χ4v) is 4.10. The number of methoxy groups -OCH3 is 1. The summed E-state index contributed by atoms with van der Waals surface area (Å²) in [6.45, 7) is 1.34. The highest BCUT2D eigenvalue weighted by molar-refractivity contribution is 7.16. The van der Waals surface area contributed by atoms with E-state index in [0.29, 0.717) is 6.61 Å². The molecule has 22 heavy (non-hydrogen) atoms. The minimum atomic E-state index is 0.0532. The minimum Gasteiger partial charge on any atom is -0.383 e. The monoisotopic (exact) mass is 318 g/mol. The van der Waals surface area contributed by atoms with E-state index in [-0.39, 0.29) is 11.8 Å². The zero-order valence-corrected chi connectivity index (χ0v) is 13.8. The van der Waals surface area contributed by atoms with Crippen molar-refractivity contribution in [3.05, 3.63) is 29.1 Å². The molecule has 1 aromatic heterocycles. The van der Waals surface area contributed by atoms with E-state index in [4.69, 9.17) is 4.74 Å². The van der Waals surface area contributed by atoms with Gasteiger partial charge in [-0.15, -0.1) is 0 Å². The molecule has 0 unspecified atom stereocenters. The third-order valence-corrected chi connectivity index (χ3v) is 5.33. The summed E-state index contributed by atoms with van der Waals surface area (Å²) in [5.41, 5.74) is 1.12. The second kappa shape index (κ2) is 7.20. The van der Waals surface area contributed by atoms with Crippen LogP contribution in [0.5, 0.6) is 0 Å². The van der Waals surface area contributed by atoms with Gasteiger partial charge in [-0.3, -0.25) is 4.79 Å². The first kappa shape index (κ1) is 15.4. The van der Waals surface area contributed by atoms with Gasteiger partial charge in [0, 0.05) is 19.6 Å². The highest BCUT2D eigenvalue weighted by atomic mass is 32.1. The van der Waals surface area contributed by atoms with Crippen LogP contribution in [-0.4, -0.2) is 24.2 Å². The lowest BCUT2D eigenvalue weighted by molar-refractivity contribution is -0.122. The summed E-state index contributed by atoms with van der Waals surface area (Å²) in [5.74, 6) is 0.173. The van der Waals surface area contributed by atoms with Crippen LogP contribution >= 0.6 is 11.3 Å². The first-order valence-electron chi connectivity index (χ1n) is 7.95. The molecule has 0 spiro atoms. The van der Waals surface area contributed by atoms with Crippen LogP contribution in [0.2, 0.25) is 0 Å². The Morgan fingerprint density at radius 3 is 2.86 bits per heavy atom. The smallest absolute Gasteiger partial charge is 0.251 e. The molecular formula is C17H22N2O2S. The van der Waals surface area contributed by atoms with Gasteiger partial charge in [0.05, 0.1) is 16.8 Å². The Morgan fingerprint density at radius 1 is 1.32 bits per heavy atom. The van der Waals surface area contributed by atoms with Crippen LogP contribution in [0, 0.1) is 5.92 Å². The molecule has 1 fully saturated rings. The fraction of sp³-hybridized carbons (Fsp3) is 0.529. The maximum absolute atomic E-state index is 12.5. The maximum atomic E-state index is 12.5. The molecule has 1 saturated carbocycles. The van der Waals surface area contributed by atoms with E-state index in [2.05, 4.69) is 21.7 Å². The Bertz CT molecular complexity index is 711. The zero-order chi connectivity index (χ0) is 15.4. The van der Waals surface area contributed by atoms with E-state index in [1.165, 1.54) is 6.42 Å². The molecule has 0 aliphatic heterocycles. The molecule has 4 nitrogen and oxygen atoms in total. The number of thiazole rings is 1. The van der Waals surface area contributed by atoms with Crippen LogP contribution in [0.1, 0.15) is 32.1 Å². The van der Waals surface area contributed by atoms with Crippen LogP contribution in [0.4, 0.5) is 0 Å². The van der Waals surface area contributed by atoms with Crippen molar-refractivity contribution < 1.29 is 9.53 Å². The fourth-order valence-electron chi connectivity index (χ4n) is 3.04. The predicted molar refractivity (Wildman–Crippen MR) is 88.8 cm³/mol. The summed E-state index contributed by atoms with van der Waals surface area (Å²) >= 11 is 1.59. The van der Waals surface area contributed by atoms with Crippen LogP contribution in [0.25, 0.3) is 10.2 Å². The van der Waals surface area contributed by atoms with Crippen LogP contribution in [0.3, 0.4) is 0 Å². The summed E-state index contributed by atoms with van der Waals surface area (Å²) in [6, 6.07) is 8.19. The van der Waals surface area contributed by atoms with Gasteiger partial charge < -0.3 is 9.30 Å². The molecule has 1 aliphatic rings. The van der Waals surface area contributed by atoms with Crippen LogP contribution in [0.15, 0.2) is 29.3 Å². The van der Waals surface area contributed by atoms with Crippen molar-refractivity contribution in [2.24, 2.45) is 10.9 Å². The van der Waals surface area contributed by atoms with Gasteiger partial charge in [-0.25, -0.2) is 0 Å². The first-order chi connectivity index (χ1) is 10.8. The van der Waals surface area contributed by atoms with E-state index in [1.807, 2.05) is 12.1 Å². The average molecular weight is 318 g/mol. The molecule has 0 saturated heterocycles. The number of rotatable bonds is 4. The molecule has 0 bridgehead atoms. The van der Waals surface area contributed by atoms with Gasteiger partial charge in [-0.1, -0.05) is 42.7 Å². The molecular weight excluding hydrogens is 296 g/mol. The Labute approximate surface area is 134 Å². The van der Waals surface area contributed by atoms with Crippen molar-refractivity contribution in [2.45, 2.75) is 38.6 Å². The van der Waals surface area contributed by atoms with Crippen molar-refractivity contribution >= 4 is 27.5 Å². The molecule has 5 heteroatoms. The van der Waals surface area contributed by atoms with E-state index in [1.54, 1.807) is 18.4 Å². The number of hydrogen-bond acceptors (Lipinski definition) is 3. The Kier molecular flexibility index (Phi) is 5.05. The maximum Gasteiger partial charge on any atom is 0.251 e. The molecule has 1 aliphatic carbocycles. The summed E-state index contributed by atoms with van der Waals surface area (Å²) < 4.78 is 8.46. The number of para-hydroxylation sites is 1. The minimum absolute atomic E-state index is 0.0532. The molecule has 3 rings (SSSR count). The van der Waals surface area contributed by atoms with Gasteiger partial charge in [0.15, 0.2) is 4.80 Å². The number of carbonyl (C=O) groups excluding carboxylic acids is 1. The number of amides is 1. The van der Waals surface area contributed by atoms with Crippen molar-refractivity contribution in [1.82, 2.24) is 4.57 Å². The normalized spacial score (nSPS) is 17.2. The largest absolute Gasteiger partial charge is 0.383 e. The predicted octanol–water partition coefficient (Wildman–Crippen LogP) is 3.36. The van der Waals surface area contributed by atoms with Gasteiger partial charge in [0.1, 0.15) is 0 Å². The second-order valence-electron chi connectivity index (χ2n) is 5.78.